The summed E-state index contributed by atoms with van der Waals surface area (Å²) in [4.78, 5) is 28.9. The first-order chi connectivity index (χ1) is 13.5. The van der Waals surface area contributed by atoms with Crippen LogP contribution in [0.2, 0.25) is 0 Å². The molecule has 1 aromatic carbocycles. The minimum Gasteiger partial charge on any atom is -0.323 e. The van der Waals surface area contributed by atoms with E-state index in [0.29, 0.717) is 6.54 Å². The molecule has 1 spiro atoms. The van der Waals surface area contributed by atoms with E-state index in [-0.39, 0.29) is 24.5 Å². The van der Waals surface area contributed by atoms with Crippen molar-refractivity contribution in [2.45, 2.75) is 44.7 Å². The average molecular weight is 381 g/mol. The van der Waals surface area contributed by atoms with Crippen LogP contribution in [0.3, 0.4) is 0 Å². The van der Waals surface area contributed by atoms with Gasteiger partial charge in [0.15, 0.2) is 0 Å². The van der Waals surface area contributed by atoms with Crippen molar-refractivity contribution in [3.05, 3.63) is 48.3 Å². The van der Waals surface area contributed by atoms with Gasteiger partial charge in [0, 0.05) is 18.3 Å². The first kappa shape index (κ1) is 18.7. The number of amides is 3. The standard InChI is InChI=1S/C21H27N5O2/c1-16-8-6-7-11-21(16)19(27)25(20(28)23-21)15-24(2)13-17-12-22-26(14-17)18-9-4-3-5-10-18/h3-5,9-10,12,14,16H,6-8,11,13,15H2,1-2H3,(H,23,28). The number of rotatable bonds is 5. The molecule has 2 unspecified atom stereocenters. The fourth-order valence-electron chi connectivity index (χ4n) is 4.39. The van der Waals surface area contributed by atoms with Gasteiger partial charge in [0.2, 0.25) is 0 Å². The number of carbonyl (C=O) groups is 2. The minimum absolute atomic E-state index is 0.0727. The van der Waals surface area contributed by atoms with E-state index in [1.54, 1.807) is 0 Å². The molecule has 3 amide bonds. The zero-order valence-corrected chi connectivity index (χ0v) is 16.5. The molecular weight excluding hydrogens is 354 g/mol. The molecule has 0 radical (unpaired) electrons. The number of imide groups is 1. The van der Waals surface area contributed by atoms with Crippen LogP contribution in [0.25, 0.3) is 5.69 Å². The van der Waals surface area contributed by atoms with E-state index < -0.39 is 5.54 Å². The number of aromatic nitrogens is 2. The number of carbonyl (C=O) groups excluding carboxylic acids is 2. The highest BCUT2D eigenvalue weighted by Crippen LogP contribution is 2.38. The van der Waals surface area contributed by atoms with Crippen LogP contribution in [0, 0.1) is 5.92 Å². The van der Waals surface area contributed by atoms with E-state index >= 15 is 0 Å². The Balaban J connectivity index is 1.41. The zero-order chi connectivity index (χ0) is 19.7. The van der Waals surface area contributed by atoms with Crippen LogP contribution < -0.4 is 5.32 Å². The molecule has 28 heavy (non-hydrogen) atoms. The maximum absolute atomic E-state index is 13.1. The highest BCUT2D eigenvalue weighted by Gasteiger charge is 2.54. The van der Waals surface area contributed by atoms with Gasteiger partial charge in [0.1, 0.15) is 5.54 Å². The van der Waals surface area contributed by atoms with Crippen molar-refractivity contribution in [3.63, 3.8) is 0 Å². The van der Waals surface area contributed by atoms with Crippen LogP contribution in [0.15, 0.2) is 42.7 Å². The van der Waals surface area contributed by atoms with Crippen LogP contribution in [0.4, 0.5) is 4.79 Å². The molecule has 1 saturated heterocycles. The van der Waals surface area contributed by atoms with Gasteiger partial charge in [-0.05, 0) is 37.9 Å². The quantitative estimate of drug-likeness (QED) is 0.809. The smallest absolute Gasteiger partial charge is 0.323 e. The van der Waals surface area contributed by atoms with Crippen LogP contribution in [-0.2, 0) is 11.3 Å². The lowest BCUT2D eigenvalue weighted by molar-refractivity contribution is -0.135. The fraction of sp³-hybridized carbons (Fsp3) is 0.476. The number of urea groups is 1. The molecule has 148 valence electrons. The summed E-state index contributed by atoms with van der Waals surface area (Å²) in [6.45, 7) is 2.95. The number of benzene rings is 1. The van der Waals surface area contributed by atoms with E-state index in [4.69, 9.17) is 0 Å². The van der Waals surface area contributed by atoms with Gasteiger partial charge in [-0.15, -0.1) is 0 Å². The van der Waals surface area contributed by atoms with Gasteiger partial charge >= 0.3 is 6.03 Å². The minimum atomic E-state index is -0.700. The van der Waals surface area contributed by atoms with E-state index in [2.05, 4.69) is 17.3 Å². The molecule has 1 N–H and O–H groups in total. The Bertz CT molecular complexity index is 865. The number of hydrogen-bond acceptors (Lipinski definition) is 4. The van der Waals surface area contributed by atoms with Crippen LogP contribution >= 0.6 is 0 Å². The molecule has 0 bridgehead atoms. The molecule has 2 aromatic rings. The predicted octanol–water partition coefficient (Wildman–Crippen LogP) is 2.76. The monoisotopic (exact) mass is 381 g/mol. The topological polar surface area (TPSA) is 70.5 Å². The lowest BCUT2D eigenvalue weighted by Gasteiger charge is -2.37. The summed E-state index contributed by atoms with van der Waals surface area (Å²) in [6.07, 6.45) is 7.62. The lowest BCUT2D eigenvalue weighted by atomic mass is 9.73. The second-order valence-corrected chi connectivity index (χ2v) is 8.07. The summed E-state index contributed by atoms with van der Waals surface area (Å²) in [7, 11) is 1.91. The molecule has 2 atom stereocenters. The maximum atomic E-state index is 13.1. The van der Waals surface area contributed by atoms with Gasteiger partial charge in [0.05, 0.1) is 18.6 Å². The second-order valence-electron chi connectivity index (χ2n) is 8.07. The highest BCUT2D eigenvalue weighted by molar-refractivity contribution is 6.07. The molecule has 1 aliphatic heterocycles. The van der Waals surface area contributed by atoms with Gasteiger partial charge in [0.25, 0.3) is 5.91 Å². The van der Waals surface area contributed by atoms with E-state index in [1.165, 1.54) is 4.90 Å². The largest absolute Gasteiger partial charge is 0.326 e. The third kappa shape index (κ3) is 3.30. The third-order valence-electron chi connectivity index (χ3n) is 5.99. The van der Waals surface area contributed by atoms with Crippen molar-refractivity contribution >= 4 is 11.9 Å². The molecule has 1 aromatic heterocycles. The van der Waals surface area contributed by atoms with Crippen molar-refractivity contribution in [1.29, 1.82) is 0 Å². The summed E-state index contributed by atoms with van der Waals surface area (Å²) >= 11 is 0. The first-order valence-electron chi connectivity index (χ1n) is 9.91. The van der Waals surface area contributed by atoms with Crippen LogP contribution in [0.1, 0.15) is 38.2 Å². The summed E-state index contributed by atoms with van der Waals surface area (Å²) in [5.74, 6) is 0.105. The Morgan fingerprint density at radius 3 is 2.79 bits per heavy atom. The van der Waals surface area contributed by atoms with E-state index in [1.807, 2.05) is 59.4 Å². The second kappa shape index (κ2) is 7.39. The number of nitrogens with one attached hydrogen (secondary N) is 1. The predicted molar refractivity (Wildman–Crippen MR) is 106 cm³/mol. The summed E-state index contributed by atoms with van der Waals surface area (Å²) in [6, 6.07) is 9.65. The summed E-state index contributed by atoms with van der Waals surface area (Å²) in [5.41, 5.74) is 1.33. The lowest BCUT2D eigenvalue weighted by Crippen LogP contribution is -2.54. The molecule has 7 heteroatoms. The SMILES string of the molecule is CC1CCCCC12NC(=O)N(CN(C)Cc1cnn(-c3ccccc3)c1)C2=O. The molecule has 2 fully saturated rings. The van der Waals surface area contributed by atoms with Gasteiger partial charge in [-0.25, -0.2) is 14.4 Å². The van der Waals surface area contributed by atoms with Crippen molar-refractivity contribution in [2.75, 3.05) is 13.7 Å². The molecule has 7 nitrogen and oxygen atoms in total. The maximum Gasteiger partial charge on any atom is 0.326 e. The van der Waals surface area contributed by atoms with Crippen molar-refractivity contribution in [2.24, 2.45) is 5.92 Å². The zero-order valence-electron chi connectivity index (χ0n) is 16.5. The molecule has 2 aliphatic rings. The molecule has 1 saturated carbocycles. The third-order valence-corrected chi connectivity index (χ3v) is 5.99. The normalized spacial score (nSPS) is 25.0. The van der Waals surface area contributed by atoms with Gasteiger partial charge in [-0.1, -0.05) is 38.0 Å². The number of hydrogen-bond donors (Lipinski definition) is 1. The molecule has 2 heterocycles. The van der Waals surface area contributed by atoms with Gasteiger partial charge < -0.3 is 5.32 Å². The van der Waals surface area contributed by atoms with Crippen LogP contribution in [-0.4, -0.2) is 50.8 Å². The Labute approximate surface area is 165 Å². The van der Waals surface area contributed by atoms with E-state index in [9.17, 15) is 9.59 Å². The Morgan fingerprint density at radius 1 is 1.25 bits per heavy atom. The Kier molecular flexibility index (Phi) is 4.93. The van der Waals surface area contributed by atoms with Gasteiger partial charge in [-0.3, -0.25) is 9.69 Å². The van der Waals surface area contributed by atoms with Crippen molar-refractivity contribution in [1.82, 2.24) is 24.9 Å². The number of nitrogens with zero attached hydrogens (tertiary/aromatic N) is 4. The van der Waals surface area contributed by atoms with E-state index in [0.717, 1.165) is 36.9 Å². The summed E-state index contributed by atoms with van der Waals surface area (Å²) < 4.78 is 1.83. The van der Waals surface area contributed by atoms with Crippen LogP contribution in [0.5, 0.6) is 0 Å². The Hall–Kier alpha value is -2.67. The molecule has 1 aliphatic carbocycles. The molecular formula is C21H27N5O2. The highest BCUT2D eigenvalue weighted by atomic mass is 16.2. The Morgan fingerprint density at radius 2 is 2.04 bits per heavy atom. The first-order valence-corrected chi connectivity index (χ1v) is 9.91. The van der Waals surface area contributed by atoms with Gasteiger partial charge in [-0.2, -0.15) is 5.10 Å². The van der Waals surface area contributed by atoms with Crippen molar-refractivity contribution < 1.29 is 9.59 Å². The average Bonchev–Trinajstić information content (AvgIpc) is 3.24. The summed E-state index contributed by atoms with van der Waals surface area (Å²) in [5, 5.41) is 7.42. The van der Waals surface area contributed by atoms with Crippen molar-refractivity contribution in [3.8, 4) is 5.69 Å². The molecule has 4 rings (SSSR count). The number of para-hydroxylation sites is 1. The fourth-order valence-corrected chi connectivity index (χ4v) is 4.39.